The molecule has 1 fully saturated rings. The van der Waals surface area contributed by atoms with Crippen molar-refractivity contribution in [2.75, 3.05) is 37.0 Å². The van der Waals surface area contributed by atoms with Gasteiger partial charge in [0.25, 0.3) is 5.91 Å². The summed E-state index contributed by atoms with van der Waals surface area (Å²) in [6, 6.07) is 10.3. The van der Waals surface area contributed by atoms with Gasteiger partial charge in [-0.25, -0.2) is 0 Å². The zero-order chi connectivity index (χ0) is 20.9. The molecule has 2 aromatic carbocycles. The largest absolute Gasteiger partial charge is 0.493 e. The minimum Gasteiger partial charge on any atom is -0.493 e. The molecular formula is C21H23F3N2O3. The molecule has 0 unspecified atom stereocenters. The number of nitrogens with one attached hydrogen (secondary N) is 1. The van der Waals surface area contributed by atoms with Gasteiger partial charge in [-0.3, -0.25) is 4.79 Å². The maximum Gasteiger partial charge on any atom is 0.416 e. The maximum absolute atomic E-state index is 13.2. The van der Waals surface area contributed by atoms with E-state index < -0.39 is 17.6 Å². The average Bonchev–Trinajstić information content (AvgIpc) is 2.72. The van der Waals surface area contributed by atoms with Crippen molar-refractivity contribution in [3.05, 3.63) is 48.0 Å². The number of piperidine rings is 1. The molecule has 2 aromatic rings. The van der Waals surface area contributed by atoms with Crippen LogP contribution in [0, 0.1) is 0 Å². The van der Waals surface area contributed by atoms with Crippen LogP contribution in [0.3, 0.4) is 0 Å². The third-order valence-corrected chi connectivity index (χ3v) is 4.72. The number of hydrogen-bond acceptors (Lipinski definition) is 4. The fourth-order valence-electron chi connectivity index (χ4n) is 3.29. The van der Waals surface area contributed by atoms with Gasteiger partial charge in [-0.15, -0.1) is 0 Å². The molecule has 8 heteroatoms. The molecule has 1 heterocycles. The Bertz CT molecular complexity index is 849. The van der Waals surface area contributed by atoms with Gasteiger partial charge in [0.2, 0.25) is 0 Å². The molecule has 3 rings (SSSR count). The van der Waals surface area contributed by atoms with E-state index in [9.17, 15) is 18.0 Å². The second-order valence-electron chi connectivity index (χ2n) is 6.77. The van der Waals surface area contributed by atoms with Gasteiger partial charge in [0.05, 0.1) is 24.0 Å². The molecule has 0 spiro atoms. The molecule has 5 nitrogen and oxygen atoms in total. The van der Waals surface area contributed by atoms with E-state index in [1.54, 1.807) is 24.3 Å². The summed E-state index contributed by atoms with van der Waals surface area (Å²) in [6.45, 7) is 1.13. The summed E-state index contributed by atoms with van der Waals surface area (Å²) >= 11 is 0. The number of anilines is 2. The van der Waals surface area contributed by atoms with Gasteiger partial charge in [-0.2, -0.15) is 13.2 Å². The van der Waals surface area contributed by atoms with Gasteiger partial charge in [0, 0.05) is 13.1 Å². The van der Waals surface area contributed by atoms with Crippen LogP contribution in [-0.2, 0) is 11.0 Å². The van der Waals surface area contributed by atoms with Crippen LogP contribution in [0.4, 0.5) is 24.5 Å². The van der Waals surface area contributed by atoms with Crippen molar-refractivity contribution in [3.63, 3.8) is 0 Å². The Morgan fingerprint density at radius 2 is 1.76 bits per heavy atom. The van der Waals surface area contributed by atoms with Crippen LogP contribution >= 0.6 is 0 Å². The number of halogens is 3. The van der Waals surface area contributed by atoms with E-state index in [1.807, 2.05) is 4.90 Å². The van der Waals surface area contributed by atoms with Crippen LogP contribution in [0.15, 0.2) is 42.5 Å². The number of methoxy groups -OCH3 is 1. The standard InChI is InChI=1S/C21H23F3N2O3/c1-28-18-7-3-4-8-19(18)29-14-20(27)25-16-13-15(21(22,23)24)9-10-17(16)26-11-5-2-6-12-26/h3-4,7-10,13H,2,5-6,11-12,14H2,1H3,(H,25,27). The van der Waals surface area contributed by atoms with Gasteiger partial charge in [-0.1, -0.05) is 12.1 Å². The monoisotopic (exact) mass is 408 g/mol. The molecule has 0 aliphatic carbocycles. The molecule has 29 heavy (non-hydrogen) atoms. The summed E-state index contributed by atoms with van der Waals surface area (Å²) in [7, 11) is 1.48. The molecule has 1 amide bonds. The molecule has 156 valence electrons. The number of ether oxygens (including phenoxy) is 2. The van der Waals surface area contributed by atoms with Crippen molar-refractivity contribution in [1.29, 1.82) is 0 Å². The normalized spacial score (nSPS) is 14.4. The van der Waals surface area contributed by atoms with Crippen LogP contribution in [0.1, 0.15) is 24.8 Å². The SMILES string of the molecule is COc1ccccc1OCC(=O)Nc1cc(C(F)(F)F)ccc1N1CCCCC1. The molecule has 0 aromatic heterocycles. The van der Waals surface area contributed by atoms with Gasteiger partial charge in [0.1, 0.15) is 0 Å². The van der Waals surface area contributed by atoms with Crippen molar-refractivity contribution in [2.45, 2.75) is 25.4 Å². The molecule has 0 bridgehead atoms. The molecule has 1 N–H and O–H groups in total. The van der Waals surface area contributed by atoms with E-state index in [-0.39, 0.29) is 12.3 Å². The highest BCUT2D eigenvalue weighted by Gasteiger charge is 2.32. The number of para-hydroxylation sites is 2. The van der Waals surface area contributed by atoms with E-state index in [1.165, 1.54) is 13.2 Å². The number of benzene rings is 2. The summed E-state index contributed by atoms with van der Waals surface area (Å²) in [5.74, 6) is 0.298. The van der Waals surface area contributed by atoms with E-state index in [0.29, 0.717) is 17.2 Å². The first-order chi connectivity index (χ1) is 13.9. The first kappa shape index (κ1) is 20.8. The molecule has 0 radical (unpaired) electrons. The van der Waals surface area contributed by atoms with Crippen molar-refractivity contribution in [3.8, 4) is 11.5 Å². The summed E-state index contributed by atoms with van der Waals surface area (Å²) in [4.78, 5) is 14.4. The van der Waals surface area contributed by atoms with Crippen LogP contribution in [-0.4, -0.2) is 32.7 Å². The van der Waals surface area contributed by atoms with Gasteiger partial charge in [0.15, 0.2) is 18.1 Å². The van der Waals surface area contributed by atoms with Crippen LogP contribution in [0.2, 0.25) is 0 Å². The van der Waals surface area contributed by atoms with Gasteiger partial charge >= 0.3 is 6.18 Å². The van der Waals surface area contributed by atoms with Gasteiger partial charge < -0.3 is 19.7 Å². The lowest BCUT2D eigenvalue weighted by molar-refractivity contribution is -0.137. The highest BCUT2D eigenvalue weighted by molar-refractivity contribution is 5.95. The van der Waals surface area contributed by atoms with Gasteiger partial charge in [-0.05, 0) is 49.6 Å². The van der Waals surface area contributed by atoms with Crippen molar-refractivity contribution in [2.24, 2.45) is 0 Å². The second kappa shape index (κ2) is 9.07. The van der Waals surface area contributed by atoms with E-state index in [0.717, 1.165) is 44.5 Å². The summed E-state index contributed by atoms with van der Waals surface area (Å²) < 4.78 is 50.1. The van der Waals surface area contributed by atoms with Crippen molar-refractivity contribution < 1.29 is 27.4 Å². The van der Waals surface area contributed by atoms with E-state index in [4.69, 9.17) is 9.47 Å². The first-order valence-electron chi connectivity index (χ1n) is 9.40. The van der Waals surface area contributed by atoms with Crippen molar-refractivity contribution >= 4 is 17.3 Å². The number of hydrogen-bond donors (Lipinski definition) is 1. The zero-order valence-electron chi connectivity index (χ0n) is 16.1. The topological polar surface area (TPSA) is 50.8 Å². The second-order valence-corrected chi connectivity index (χ2v) is 6.77. The summed E-state index contributed by atoms with van der Waals surface area (Å²) in [6.07, 6.45) is -1.48. The molecule has 0 atom stereocenters. The predicted octanol–water partition coefficient (Wildman–Crippen LogP) is 4.72. The number of carbonyl (C=O) groups is 1. The Labute approximate surface area is 167 Å². The number of alkyl halides is 3. The first-order valence-corrected chi connectivity index (χ1v) is 9.40. The highest BCUT2D eigenvalue weighted by Crippen LogP contribution is 2.36. The zero-order valence-corrected chi connectivity index (χ0v) is 16.1. The Morgan fingerprint density at radius 3 is 2.41 bits per heavy atom. The molecule has 1 saturated heterocycles. The smallest absolute Gasteiger partial charge is 0.416 e. The minimum absolute atomic E-state index is 0.135. The number of amides is 1. The minimum atomic E-state index is -4.49. The third kappa shape index (κ3) is 5.34. The Kier molecular flexibility index (Phi) is 6.51. The Balaban J connectivity index is 1.77. The van der Waals surface area contributed by atoms with E-state index in [2.05, 4.69) is 5.32 Å². The third-order valence-electron chi connectivity index (χ3n) is 4.72. The van der Waals surface area contributed by atoms with Crippen LogP contribution in [0.25, 0.3) is 0 Å². The predicted molar refractivity (Wildman–Crippen MR) is 105 cm³/mol. The lowest BCUT2D eigenvalue weighted by Crippen LogP contribution is -2.31. The lowest BCUT2D eigenvalue weighted by atomic mass is 10.1. The summed E-state index contributed by atoms with van der Waals surface area (Å²) in [5, 5.41) is 2.58. The molecule has 1 aliphatic heterocycles. The molecule has 0 saturated carbocycles. The molecule has 1 aliphatic rings. The molecular weight excluding hydrogens is 385 g/mol. The fourth-order valence-corrected chi connectivity index (χ4v) is 3.29. The number of carbonyl (C=O) groups excluding carboxylic acids is 1. The quantitative estimate of drug-likeness (QED) is 0.751. The fraction of sp³-hybridized carbons (Fsp3) is 0.381. The van der Waals surface area contributed by atoms with Crippen LogP contribution < -0.4 is 19.7 Å². The van der Waals surface area contributed by atoms with Crippen LogP contribution in [0.5, 0.6) is 11.5 Å². The van der Waals surface area contributed by atoms with Crippen molar-refractivity contribution in [1.82, 2.24) is 0 Å². The lowest BCUT2D eigenvalue weighted by Gasteiger charge is -2.31. The summed E-state index contributed by atoms with van der Waals surface area (Å²) in [5.41, 5.74) is -0.0853. The average molecular weight is 408 g/mol. The number of rotatable bonds is 6. The Morgan fingerprint density at radius 1 is 1.07 bits per heavy atom. The Hall–Kier alpha value is -2.90. The van der Waals surface area contributed by atoms with E-state index >= 15 is 0 Å². The highest BCUT2D eigenvalue weighted by atomic mass is 19.4. The number of nitrogens with zero attached hydrogens (tertiary/aromatic N) is 1. The maximum atomic E-state index is 13.2.